The Labute approximate surface area is 167 Å². The molecular formula is C16H17ClN2O7S2. The Morgan fingerprint density at radius 3 is 2.39 bits per heavy atom. The summed E-state index contributed by atoms with van der Waals surface area (Å²) in [6.45, 7) is 0.0424. The Balaban J connectivity index is 0.00000280. The fourth-order valence-electron chi connectivity index (χ4n) is 3.02. The van der Waals surface area contributed by atoms with Crippen molar-refractivity contribution in [2.45, 2.75) is 15.0 Å². The number of hydrogen-bond donors (Lipinski definition) is 1. The maximum absolute atomic E-state index is 13.0. The molecule has 12 heteroatoms. The van der Waals surface area contributed by atoms with Crippen molar-refractivity contribution in [3.63, 3.8) is 0 Å². The monoisotopic (exact) mass is 448 g/mol. The molecule has 1 aliphatic rings. The van der Waals surface area contributed by atoms with Crippen LogP contribution in [-0.4, -0.2) is 40.7 Å². The highest BCUT2D eigenvalue weighted by Crippen LogP contribution is 2.48. The van der Waals surface area contributed by atoms with E-state index in [-0.39, 0.29) is 46.7 Å². The molecule has 1 aliphatic heterocycles. The van der Waals surface area contributed by atoms with Gasteiger partial charge in [0.25, 0.3) is 0 Å². The first kappa shape index (κ1) is 22.1. The Kier molecular flexibility index (Phi) is 6.34. The minimum absolute atomic E-state index is 0. The zero-order chi connectivity index (χ0) is 19.8. The van der Waals surface area contributed by atoms with Crippen LogP contribution in [0.3, 0.4) is 0 Å². The largest absolute Gasteiger partial charge is 0.485 e. The first-order valence-electron chi connectivity index (χ1n) is 7.86. The molecule has 3 rings (SSSR count). The predicted molar refractivity (Wildman–Crippen MR) is 103 cm³/mol. The van der Waals surface area contributed by atoms with Gasteiger partial charge in [0.05, 0.1) is 26.0 Å². The average molecular weight is 449 g/mol. The van der Waals surface area contributed by atoms with Crippen molar-refractivity contribution < 1.29 is 26.5 Å². The molecule has 0 spiro atoms. The van der Waals surface area contributed by atoms with Gasteiger partial charge in [0.2, 0.25) is 0 Å². The third kappa shape index (κ3) is 3.70. The summed E-state index contributed by atoms with van der Waals surface area (Å²) < 4.78 is 56.3. The van der Waals surface area contributed by atoms with E-state index in [9.17, 15) is 26.9 Å². The van der Waals surface area contributed by atoms with Gasteiger partial charge < -0.3 is 10.5 Å². The molecule has 28 heavy (non-hydrogen) atoms. The fraction of sp³-hybridized carbons (Fsp3) is 0.250. The van der Waals surface area contributed by atoms with E-state index in [2.05, 4.69) is 0 Å². The van der Waals surface area contributed by atoms with Crippen molar-refractivity contribution in [3.05, 3.63) is 58.1 Å². The van der Waals surface area contributed by atoms with Gasteiger partial charge in [-0.3, -0.25) is 10.1 Å². The van der Waals surface area contributed by atoms with Crippen LogP contribution < -0.4 is 10.5 Å². The molecular weight excluding hydrogens is 432 g/mol. The van der Waals surface area contributed by atoms with Crippen LogP contribution in [-0.2, 0) is 19.7 Å². The molecule has 1 atom stereocenters. The lowest BCUT2D eigenvalue weighted by Crippen LogP contribution is -2.17. The first-order valence-corrected chi connectivity index (χ1v) is 11.1. The third-order valence-electron chi connectivity index (χ3n) is 4.17. The van der Waals surface area contributed by atoms with Gasteiger partial charge in [0.15, 0.2) is 25.4 Å². The van der Waals surface area contributed by atoms with Crippen molar-refractivity contribution in [2.75, 3.05) is 18.9 Å². The molecule has 0 saturated heterocycles. The lowest BCUT2D eigenvalue weighted by Gasteiger charge is -2.14. The van der Waals surface area contributed by atoms with Crippen LogP contribution in [0.15, 0.2) is 52.3 Å². The molecule has 152 valence electrons. The predicted octanol–water partition coefficient (Wildman–Crippen LogP) is 1.66. The van der Waals surface area contributed by atoms with E-state index in [4.69, 9.17) is 10.5 Å². The first-order chi connectivity index (χ1) is 12.7. The standard InChI is InChI=1S/C16H16N2O7S2.ClH/c17-8-9-25-12-6-7-13-15(16(12)18(19)20)14(10-26(13,21)22)27(23,24)11-4-2-1-3-5-11;/h1-7,14H,8-10,17H2;1H. The molecule has 2 aromatic carbocycles. The number of halogens is 1. The minimum Gasteiger partial charge on any atom is -0.485 e. The second-order valence-corrected chi connectivity index (χ2v) is 9.98. The zero-order valence-corrected chi connectivity index (χ0v) is 16.8. The highest BCUT2D eigenvalue weighted by molar-refractivity contribution is 7.96. The molecule has 9 nitrogen and oxygen atoms in total. The number of hydrogen-bond acceptors (Lipinski definition) is 8. The summed E-state index contributed by atoms with van der Waals surface area (Å²) >= 11 is 0. The number of nitro groups is 1. The van der Waals surface area contributed by atoms with E-state index in [1.165, 1.54) is 24.3 Å². The van der Waals surface area contributed by atoms with E-state index in [0.717, 1.165) is 12.1 Å². The van der Waals surface area contributed by atoms with Crippen LogP contribution in [0.5, 0.6) is 5.75 Å². The molecule has 0 amide bonds. The molecule has 2 N–H and O–H groups in total. The van der Waals surface area contributed by atoms with Gasteiger partial charge in [-0.1, -0.05) is 18.2 Å². The maximum atomic E-state index is 13.0. The van der Waals surface area contributed by atoms with Crippen molar-refractivity contribution in [1.82, 2.24) is 0 Å². The summed E-state index contributed by atoms with van der Waals surface area (Å²) in [5, 5.41) is 10.1. The lowest BCUT2D eigenvalue weighted by atomic mass is 10.1. The average Bonchev–Trinajstić information content (AvgIpc) is 2.92. The van der Waals surface area contributed by atoms with Gasteiger partial charge in [-0.15, -0.1) is 12.4 Å². The molecule has 0 radical (unpaired) electrons. The number of benzene rings is 2. The molecule has 0 fully saturated rings. The van der Waals surface area contributed by atoms with Crippen molar-refractivity contribution in [1.29, 1.82) is 0 Å². The number of fused-ring (bicyclic) bond motifs is 1. The van der Waals surface area contributed by atoms with Gasteiger partial charge in [-0.25, -0.2) is 16.8 Å². The molecule has 1 unspecified atom stereocenters. The second-order valence-electron chi connectivity index (χ2n) is 5.85. The van der Waals surface area contributed by atoms with E-state index in [1.807, 2.05) is 0 Å². The molecule has 0 aliphatic carbocycles. The number of ether oxygens (including phenoxy) is 1. The van der Waals surface area contributed by atoms with Crippen molar-refractivity contribution in [3.8, 4) is 5.75 Å². The number of rotatable bonds is 6. The Bertz CT molecular complexity index is 1100. The van der Waals surface area contributed by atoms with Gasteiger partial charge >= 0.3 is 5.69 Å². The SMILES string of the molecule is Cl.NCCOc1ccc2c(c1[N+](=O)[O-])C(S(=O)(=O)c1ccccc1)CS2(=O)=O. The van der Waals surface area contributed by atoms with Gasteiger partial charge in [-0.05, 0) is 24.3 Å². The van der Waals surface area contributed by atoms with Gasteiger partial charge in [0, 0.05) is 6.54 Å². The Hall–Kier alpha value is -2.21. The zero-order valence-electron chi connectivity index (χ0n) is 14.3. The minimum atomic E-state index is -4.18. The van der Waals surface area contributed by atoms with Gasteiger partial charge in [0.1, 0.15) is 11.9 Å². The number of sulfone groups is 2. The van der Waals surface area contributed by atoms with E-state index in [0.29, 0.717) is 0 Å². The lowest BCUT2D eigenvalue weighted by molar-refractivity contribution is -0.386. The molecule has 1 heterocycles. The normalized spacial score (nSPS) is 17.4. The highest BCUT2D eigenvalue weighted by Gasteiger charge is 2.48. The fourth-order valence-corrected chi connectivity index (χ4v) is 7.35. The van der Waals surface area contributed by atoms with Crippen LogP contribution in [0.25, 0.3) is 0 Å². The van der Waals surface area contributed by atoms with Crippen LogP contribution in [0.2, 0.25) is 0 Å². The summed E-state index contributed by atoms with van der Waals surface area (Å²) in [6, 6.07) is 9.53. The smallest absolute Gasteiger partial charge is 0.316 e. The summed E-state index contributed by atoms with van der Waals surface area (Å²) in [6.07, 6.45) is 0. The molecule has 0 bridgehead atoms. The molecule has 0 saturated carbocycles. The van der Waals surface area contributed by atoms with Crippen LogP contribution >= 0.6 is 12.4 Å². The second kappa shape index (κ2) is 8.03. The van der Waals surface area contributed by atoms with Crippen LogP contribution in [0.1, 0.15) is 10.8 Å². The van der Waals surface area contributed by atoms with Crippen molar-refractivity contribution in [2.24, 2.45) is 5.73 Å². The maximum Gasteiger partial charge on any atom is 0.316 e. The summed E-state index contributed by atoms with van der Waals surface area (Å²) in [5.74, 6) is -0.977. The third-order valence-corrected chi connectivity index (χ3v) is 8.26. The topological polar surface area (TPSA) is 147 Å². The number of nitro benzene ring substituents is 1. The molecule has 2 aromatic rings. The summed E-state index contributed by atoms with van der Waals surface area (Å²) in [4.78, 5) is 10.4. The quantitative estimate of drug-likeness (QED) is 0.518. The van der Waals surface area contributed by atoms with E-state index < -0.39 is 41.3 Å². The van der Waals surface area contributed by atoms with Gasteiger partial charge in [-0.2, -0.15) is 0 Å². The Morgan fingerprint density at radius 1 is 1.18 bits per heavy atom. The summed E-state index contributed by atoms with van der Waals surface area (Å²) in [7, 11) is -8.18. The summed E-state index contributed by atoms with van der Waals surface area (Å²) in [5.41, 5.74) is 4.32. The van der Waals surface area contributed by atoms with E-state index >= 15 is 0 Å². The van der Waals surface area contributed by atoms with Crippen molar-refractivity contribution >= 4 is 37.8 Å². The number of nitrogens with two attached hydrogens (primary N) is 1. The van der Waals surface area contributed by atoms with E-state index in [1.54, 1.807) is 6.07 Å². The Morgan fingerprint density at radius 2 is 1.82 bits per heavy atom. The van der Waals surface area contributed by atoms with Crippen LogP contribution in [0, 0.1) is 10.1 Å². The van der Waals surface area contributed by atoms with Crippen LogP contribution in [0.4, 0.5) is 5.69 Å². The number of nitrogens with zero attached hydrogens (tertiary/aromatic N) is 1. The molecule has 0 aromatic heterocycles. The highest BCUT2D eigenvalue weighted by atomic mass is 35.5.